The van der Waals surface area contributed by atoms with Crippen LogP contribution in [0.2, 0.25) is 0 Å². The Balaban J connectivity index is 1.44. The zero-order valence-electron chi connectivity index (χ0n) is 14.7. The van der Waals surface area contributed by atoms with Crippen LogP contribution in [0.25, 0.3) is 0 Å². The largest absolute Gasteiger partial charge is 0.495 e. The summed E-state index contributed by atoms with van der Waals surface area (Å²) in [6.07, 6.45) is 1.46. The topological polar surface area (TPSA) is 70.8 Å². The van der Waals surface area contributed by atoms with Gasteiger partial charge in [0.2, 0.25) is 0 Å². The number of carbonyl (C=O) groups excluding carboxylic acids is 1. The van der Waals surface area contributed by atoms with Gasteiger partial charge in [-0.1, -0.05) is 17.3 Å². The molecule has 0 unspecified atom stereocenters. The van der Waals surface area contributed by atoms with Crippen LogP contribution < -0.4 is 15.0 Å². The van der Waals surface area contributed by atoms with Gasteiger partial charge in [0.05, 0.1) is 19.0 Å². The van der Waals surface area contributed by atoms with Crippen molar-refractivity contribution in [1.82, 2.24) is 15.4 Å². The molecule has 134 valence electrons. The first-order valence-electron chi connectivity index (χ1n) is 8.49. The third-order valence-electron chi connectivity index (χ3n) is 4.51. The van der Waals surface area contributed by atoms with Gasteiger partial charge in [-0.3, -0.25) is 9.69 Å². The summed E-state index contributed by atoms with van der Waals surface area (Å²) < 4.78 is 10.4. The summed E-state index contributed by atoms with van der Waals surface area (Å²) in [5.74, 6) is 1.32. The van der Waals surface area contributed by atoms with Crippen molar-refractivity contribution in [2.45, 2.75) is 6.92 Å². The van der Waals surface area contributed by atoms with Crippen LogP contribution in [0.5, 0.6) is 5.75 Å². The van der Waals surface area contributed by atoms with Crippen LogP contribution in [0.15, 0.2) is 35.0 Å². The molecule has 1 amide bonds. The van der Waals surface area contributed by atoms with E-state index in [1.165, 1.54) is 6.20 Å². The third-order valence-corrected chi connectivity index (χ3v) is 4.51. The van der Waals surface area contributed by atoms with E-state index in [1.54, 1.807) is 14.0 Å². The zero-order valence-corrected chi connectivity index (χ0v) is 14.7. The number of anilines is 1. The molecule has 2 heterocycles. The molecule has 25 heavy (non-hydrogen) atoms. The number of nitrogens with one attached hydrogen (secondary N) is 1. The van der Waals surface area contributed by atoms with E-state index in [-0.39, 0.29) is 5.91 Å². The second-order valence-electron chi connectivity index (χ2n) is 6.05. The van der Waals surface area contributed by atoms with E-state index in [4.69, 9.17) is 9.26 Å². The highest BCUT2D eigenvalue weighted by atomic mass is 16.5. The average molecular weight is 344 g/mol. The minimum Gasteiger partial charge on any atom is -0.495 e. The Bertz CT molecular complexity index is 708. The molecule has 0 spiro atoms. The van der Waals surface area contributed by atoms with Gasteiger partial charge < -0.3 is 19.5 Å². The van der Waals surface area contributed by atoms with Gasteiger partial charge in [-0.15, -0.1) is 0 Å². The molecule has 1 aromatic carbocycles. The number of hydrogen-bond acceptors (Lipinski definition) is 6. The van der Waals surface area contributed by atoms with Crippen molar-refractivity contribution < 1.29 is 14.1 Å². The smallest absolute Gasteiger partial charge is 0.256 e. The molecule has 0 saturated carbocycles. The number of aromatic nitrogens is 1. The number of amides is 1. The summed E-state index contributed by atoms with van der Waals surface area (Å²) in [5, 5.41) is 6.55. The van der Waals surface area contributed by atoms with Crippen molar-refractivity contribution in [3.05, 3.63) is 41.8 Å². The maximum absolute atomic E-state index is 12.0. The van der Waals surface area contributed by atoms with Gasteiger partial charge in [-0.05, 0) is 19.1 Å². The summed E-state index contributed by atoms with van der Waals surface area (Å²) in [6.45, 7) is 6.98. The average Bonchev–Trinajstić information content (AvgIpc) is 3.08. The summed E-state index contributed by atoms with van der Waals surface area (Å²) in [4.78, 5) is 16.7. The van der Waals surface area contributed by atoms with Gasteiger partial charge in [-0.2, -0.15) is 0 Å². The first-order chi connectivity index (χ1) is 12.2. The molecule has 1 aliphatic rings. The van der Waals surface area contributed by atoms with Crippen LogP contribution in [0.1, 0.15) is 16.1 Å². The number of piperazine rings is 1. The van der Waals surface area contributed by atoms with E-state index in [2.05, 4.69) is 26.3 Å². The molecule has 7 heteroatoms. The highest BCUT2D eigenvalue weighted by molar-refractivity contribution is 5.94. The van der Waals surface area contributed by atoms with Gasteiger partial charge in [0.1, 0.15) is 17.1 Å². The number of benzene rings is 1. The molecule has 0 atom stereocenters. The quantitative estimate of drug-likeness (QED) is 0.857. The number of hydrogen-bond donors (Lipinski definition) is 1. The molecule has 0 bridgehead atoms. The zero-order chi connectivity index (χ0) is 17.6. The molecule has 1 N–H and O–H groups in total. The van der Waals surface area contributed by atoms with Crippen LogP contribution in [0.4, 0.5) is 5.69 Å². The second-order valence-corrected chi connectivity index (χ2v) is 6.05. The SMILES string of the molecule is COc1ccccc1N1CCN(CCNC(=O)c2cnoc2C)CC1. The predicted molar refractivity (Wildman–Crippen MR) is 95.2 cm³/mol. The Morgan fingerprint density at radius 1 is 1.28 bits per heavy atom. The molecule has 0 radical (unpaired) electrons. The van der Waals surface area contributed by atoms with Crippen LogP contribution >= 0.6 is 0 Å². The van der Waals surface area contributed by atoms with Gasteiger partial charge in [0.15, 0.2) is 0 Å². The lowest BCUT2D eigenvalue weighted by molar-refractivity contribution is 0.0946. The highest BCUT2D eigenvalue weighted by Gasteiger charge is 2.19. The molecule has 3 rings (SSSR count). The number of aryl methyl sites for hydroxylation is 1. The molecule has 2 aromatic rings. The molecule has 1 saturated heterocycles. The number of ether oxygens (including phenoxy) is 1. The van der Waals surface area contributed by atoms with Crippen LogP contribution in [0.3, 0.4) is 0 Å². The predicted octanol–water partition coefficient (Wildman–Crippen LogP) is 1.54. The maximum atomic E-state index is 12.0. The molecule has 0 aliphatic carbocycles. The lowest BCUT2D eigenvalue weighted by atomic mass is 10.2. The fourth-order valence-electron chi connectivity index (χ4n) is 3.04. The lowest BCUT2D eigenvalue weighted by Crippen LogP contribution is -2.48. The van der Waals surface area contributed by atoms with E-state index in [9.17, 15) is 4.79 Å². The van der Waals surface area contributed by atoms with Gasteiger partial charge in [0, 0.05) is 39.3 Å². The molecular formula is C18H24N4O3. The Morgan fingerprint density at radius 2 is 2.04 bits per heavy atom. The number of rotatable bonds is 6. The lowest BCUT2D eigenvalue weighted by Gasteiger charge is -2.36. The van der Waals surface area contributed by atoms with Crippen molar-refractivity contribution in [1.29, 1.82) is 0 Å². The Kier molecular flexibility index (Phi) is 5.55. The number of methoxy groups -OCH3 is 1. The molecule has 1 aliphatic heterocycles. The van der Waals surface area contributed by atoms with Gasteiger partial charge >= 0.3 is 0 Å². The Hall–Kier alpha value is -2.54. The summed E-state index contributed by atoms with van der Waals surface area (Å²) in [6, 6.07) is 8.10. The highest BCUT2D eigenvalue weighted by Crippen LogP contribution is 2.28. The van der Waals surface area contributed by atoms with E-state index >= 15 is 0 Å². The van der Waals surface area contributed by atoms with Crippen molar-refractivity contribution >= 4 is 11.6 Å². The van der Waals surface area contributed by atoms with Crippen molar-refractivity contribution in [2.24, 2.45) is 0 Å². The minimum absolute atomic E-state index is 0.133. The number of para-hydroxylation sites is 2. The molecule has 1 aromatic heterocycles. The summed E-state index contributed by atoms with van der Waals surface area (Å²) in [7, 11) is 1.70. The van der Waals surface area contributed by atoms with Gasteiger partial charge in [-0.25, -0.2) is 0 Å². The molecule has 1 fully saturated rings. The Labute approximate surface area is 147 Å². The normalized spacial score (nSPS) is 15.2. The molecule has 7 nitrogen and oxygen atoms in total. The van der Waals surface area contributed by atoms with E-state index in [1.807, 2.05) is 18.2 Å². The number of carbonyl (C=O) groups is 1. The Morgan fingerprint density at radius 3 is 2.72 bits per heavy atom. The first-order valence-corrected chi connectivity index (χ1v) is 8.49. The van der Waals surface area contributed by atoms with E-state index in [0.29, 0.717) is 17.9 Å². The van der Waals surface area contributed by atoms with Gasteiger partial charge in [0.25, 0.3) is 5.91 Å². The fraction of sp³-hybridized carbons (Fsp3) is 0.444. The molecular weight excluding hydrogens is 320 g/mol. The van der Waals surface area contributed by atoms with Crippen molar-refractivity contribution in [3.63, 3.8) is 0 Å². The standard InChI is InChI=1S/C18H24N4O3/c1-14-15(13-20-25-14)18(23)19-7-8-21-9-11-22(12-10-21)16-5-3-4-6-17(16)24-2/h3-6,13H,7-12H2,1-2H3,(H,19,23). The fourth-order valence-corrected chi connectivity index (χ4v) is 3.04. The van der Waals surface area contributed by atoms with Crippen molar-refractivity contribution in [3.8, 4) is 5.75 Å². The van der Waals surface area contributed by atoms with E-state index < -0.39 is 0 Å². The van der Waals surface area contributed by atoms with Crippen LogP contribution in [0, 0.1) is 6.92 Å². The minimum atomic E-state index is -0.133. The van der Waals surface area contributed by atoms with E-state index in [0.717, 1.165) is 44.2 Å². The number of nitrogens with zero attached hydrogens (tertiary/aromatic N) is 3. The third kappa shape index (κ3) is 4.11. The summed E-state index contributed by atoms with van der Waals surface area (Å²) in [5.41, 5.74) is 1.64. The second kappa shape index (κ2) is 8.02. The van der Waals surface area contributed by atoms with Crippen molar-refractivity contribution in [2.75, 3.05) is 51.3 Å². The maximum Gasteiger partial charge on any atom is 0.256 e. The van der Waals surface area contributed by atoms with Crippen LogP contribution in [-0.2, 0) is 0 Å². The summed E-state index contributed by atoms with van der Waals surface area (Å²) >= 11 is 0. The monoisotopic (exact) mass is 344 g/mol. The first kappa shape index (κ1) is 17.3. The van der Waals surface area contributed by atoms with Crippen LogP contribution in [-0.4, -0.2) is 62.3 Å².